The SMILES string of the molecule is CC[C@@H]1CCc2c(sc(NC(=O)c3ccc4c(c3)OCO4)c2C(N)=O)C1. The van der Waals surface area contributed by atoms with Crippen LogP contribution in [0.25, 0.3) is 0 Å². The molecule has 7 heteroatoms. The largest absolute Gasteiger partial charge is 0.454 e. The van der Waals surface area contributed by atoms with Gasteiger partial charge in [0.15, 0.2) is 11.5 Å². The molecule has 136 valence electrons. The first kappa shape index (κ1) is 16.9. The predicted octanol–water partition coefficient (Wildman–Crippen LogP) is 3.34. The molecule has 2 aliphatic rings. The van der Waals surface area contributed by atoms with Gasteiger partial charge in [-0.05, 0) is 48.9 Å². The van der Waals surface area contributed by atoms with Crippen molar-refractivity contribution in [2.45, 2.75) is 32.6 Å². The average Bonchev–Trinajstić information content (AvgIpc) is 3.23. The summed E-state index contributed by atoms with van der Waals surface area (Å²) in [6.07, 6.45) is 3.94. The first-order valence-corrected chi connectivity index (χ1v) is 9.53. The Labute approximate surface area is 155 Å². The van der Waals surface area contributed by atoms with Crippen LogP contribution in [-0.4, -0.2) is 18.6 Å². The van der Waals surface area contributed by atoms with Gasteiger partial charge in [0, 0.05) is 10.4 Å². The number of carbonyl (C=O) groups is 2. The van der Waals surface area contributed by atoms with Gasteiger partial charge in [-0.15, -0.1) is 11.3 Å². The number of primary amides is 1. The van der Waals surface area contributed by atoms with E-state index in [1.807, 2.05) is 0 Å². The number of hydrogen-bond acceptors (Lipinski definition) is 5. The van der Waals surface area contributed by atoms with Gasteiger partial charge in [-0.25, -0.2) is 0 Å². The summed E-state index contributed by atoms with van der Waals surface area (Å²) in [6, 6.07) is 5.02. The summed E-state index contributed by atoms with van der Waals surface area (Å²) in [5.41, 5.74) is 7.54. The number of ether oxygens (including phenoxy) is 2. The summed E-state index contributed by atoms with van der Waals surface area (Å²) in [6.45, 7) is 2.34. The fourth-order valence-electron chi connectivity index (χ4n) is 3.56. The van der Waals surface area contributed by atoms with E-state index in [1.165, 1.54) is 11.3 Å². The third kappa shape index (κ3) is 2.92. The standard InChI is InChI=1S/C19H20N2O4S/c1-2-10-3-5-12-15(7-10)26-19(16(12)17(20)22)21-18(23)11-4-6-13-14(8-11)25-9-24-13/h4,6,8,10H,2-3,5,7,9H2,1H3,(H2,20,22)(H,21,23)/t10-/m1/s1. The minimum absolute atomic E-state index is 0.155. The maximum atomic E-state index is 12.7. The molecule has 26 heavy (non-hydrogen) atoms. The summed E-state index contributed by atoms with van der Waals surface area (Å²) >= 11 is 1.47. The van der Waals surface area contributed by atoms with Gasteiger partial charge in [-0.3, -0.25) is 9.59 Å². The summed E-state index contributed by atoms with van der Waals surface area (Å²) in [7, 11) is 0. The van der Waals surface area contributed by atoms with Crippen LogP contribution in [0.3, 0.4) is 0 Å². The van der Waals surface area contributed by atoms with E-state index in [2.05, 4.69) is 12.2 Å². The van der Waals surface area contributed by atoms with Gasteiger partial charge in [0.1, 0.15) is 5.00 Å². The fraction of sp³-hybridized carbons (Fsp3) is 0.368. The number of amides is 2. The number of carbonyl (C=O) groups excluding carboxylic acids is 2. The van der Waals surface area contributed by atoms with Crippen LogP contribution in [-0.2, 0) is 12.8 Å². The van der Waals surface area contributed by atoms with Crippen molar-refractivity contribution in [2.75, 3.05) is 12.1 Å². The van der Waals surface area contributed by atoms with E-state index >= 15 is 0 Å². The highest BCUT2D eigenvalue weighted by molar-refractivity contribution is 7.17. The lowest BCUT2D eigenvalue weighted by molar-refractivity contribution is 0.1000. The lowest BCUT2D eigenvalue weighted by Crippen LogP contribution is -2.19. The molecule has 0 saturated carbocycles. The molecule has 1 aliphatic carbocycles. The van der Waals surface area contributed by atoms with Crippen molar-refractivity contribution in [3.63, 3.8) is 0 Å². The van der Waals surface area contributed by atoms with Crippen molar-refractivity contribution in [3.8, 4) is 11.5 Å². The zero-order valence-corrected chi connectivity index (χ0v) is 15.3. The Morgan fingerprint density at radius 1 is 1.31 bits per heavy atom. The average molecular weight is 372 g/mol. The Morgan fingerprint density at radius 3 is 2.88 bits per heavy atom. The molecule has 0 radical (unpaired) electrons. The Bertz CT molecular complexity index is 890. The fourth-order valence-corrected chi connectivity index (χ4v) is 4.93. The number of anilines is 1. The van der Waals surface area contributed by atoms with Crippen LogP contribution in [0.2, 0.25) is 0 Å². The Hall–Kier alpha value is -2.54. The van der Waals surface area contributed by atoms with E-state index in [4.69, 9.17) is 15.2 Å². The van der Waals surface area contributed by atoms with Crippen molar-refractivity contribution < 1.29 is 19.1 Å². The second kappa shape index (κ2) is 6.64. The Morgan fingerprint density at radius 2 is 2.12 bits per heavy atom. The third-order valence-electron chi connectivity index (χ3n) is 5.05. The molecule has 2 amide bonds. The molecule has 0 bridgehead atoms. The molecule has 0 saturated heterocycles. The molecule has 0 fully saturated rings. The molecule has 2 heterocycles. The number of benzene rings is 1. The molecule has 6 nitrogen and oxygen atoms in total. The van der Waals surface area contributed by atoms with Gasteiger partial charge >= 0.3 is 0 Å². The maximum absolute atomic E-state index is 12.7. The van der Waals surface area contributed by atoms with Crippen molar-refractivity contribution >= 4 is 28.2 Å². The highest BCUT2D eigenvalue weighted by Gasteiger charge is 2.28. The van der Waals surface area contributed by atoms with E-state index in [0.29, 0.717) is 33.5 Å². The van der Waals surface area contributed by atoms with Crippen molar-refractivity contribution in [3.05, 3.63) is 39.8 Å². The molecule has 3 N–H and O–H groups in total. The molecule has 1 aliphatic heterocycles. The van der Waals surface area contributed by atoms with Crippen LogP contribution in [0.4, 0.5) is 5.00 Å². The molecular formula is C19H20N2O4S. The number of fused-ring (bicyclic) bond motifs is 2. The number of rotatable bonds is 4. The van der Waals surface area contributed by atoms with Gasteiger partial charge in [-0.1, -0.05) is 13.3 Å². The highest BCUT2D eigenvalue weighted by Crippen LogP contribution is 2.40. The predicted molar refractivity (Wildman–Crippen MR) is 99.2 cm³/mol. The second-order valence-electron chi connectivity index (χ2n) is 6.61. The Kier molecular flexibility index (Phi) is 4.32. The molecule has 4 rings (SSSR count). The quantitative estimate of drug-likeness (QED) is 0.861. The third-order valence-corrected chi connectivity index (χ3v) is 6.22. The lowest BCUT2D eigenvalue weighted by Gasteiger charge is -2.20. The molecule has 1 atom stereocenters. The van der Waals surface area contributed by atoms with Gasteiger partial charge in [0.05, 0.1) is 5.56 Å². The van der Waals surface area contributed by atoms with Crippen molar-refractivity contribution in [2.24, 2.45) is 11.7 Å². The summed E-state index contributed by atoms with van der Waals surface area (Å²) in [4.78, 5) is 25.9. The van der Waals surface area contributed by atoms with Gasteiger partial charge < -0.3 is 20.5 Å². The van der Waals surface area contributed by atoms with E-state index in [-0.39, 0.29) is 12.7 Å². The van der Waals surface area contributed by atoms with Gasteiger partial charge in [0.2, 0.25) is 6.79 Å². The van der Waals surface area contributed by atoms with Crippen LogP contribution in [0, 0.1) is 5.92 Å². The smallest absolute Gasteiger partial charge is 0.256 e. The monoisotopic (exact) mass is 372 g/mol. The molecule has 0 spiro atoms. The second-order valence-corrected chi connectivity index (χ2v) is 7.72. The van der Waals surface area contributed by atoms with Crippen molar-refractivity contribution in [1.82, 2.24) is 0 Å². The van der Waals surface area contributed by atoms with E-state index in [9.17, 15) is 9.59 Å². The molecule has 1 aromatic carbocycles. The number of nitrogens with two attached hydrogens (primary N) is 1. The van der Waals surface area contributed by atoms with Gasteiger partial charge in [-0.2, -0.15) is 0 Å². The molecule has 2 aromatic rings. The first-order chi connectivity index (χ1) is 12.6. The zero-order chi connectivity index (χ0) is 18.3. The van der Waals surface area contributed by atoms with Gasteiger partial charge in [0.25, 0.3) is 11.8 Å². The Balaban J connectivity index is 1.62. The molecular weight excluding hydrogens is 352 g/mol. The maximum Gasteiger partial charge on any atom is 0.256 e. The van der Waals surface area contributed by atoms with Crippen LogP contribution >= 0.6 is 11.3 Å². The minimum Gasteiger partial charge on any atom is -0.454 e. The summed E-state index contributed by atoms with van der Waals surface area (Å²) in [5.74, 6) is 1.01. The zero-order valence-electron chi connectivity index (χ0n) is 14.5. The number of thiophene rings is 1. The minimum atomic E-state index is -0.488. The lowest BCUT2D eigenvalue weighted by atomic mass is 9.85. The number of nitrogens with one attached hydrogen (secondary N) is 1. The summed E-state index contributed by atoms with van der Waals surface area (Å²) in [5, 5.41) is 3.42. The highest BCUT2D eigenvalue weighted by atomic mass is 32.1. The van der Waals surface area contributed by atoms with E-state index < -0.39 is 5.91 Å². The van der Waals surface area contributed by atoms with E-state index in [1.54, 1.807) is 18.2 Å². The first-order valence-electron chi connectivity index (χ1n) is 8.72. The summed E-state index contributed by atoms with van der Waals surface area (Å²) < 4.78 is 10.6. The van der Waals surface area contributed by atoms with Crippen LogP contribution in [0.15, 0.2) is 18.2 Å². The topological polar surface area (TPSA) is 90.7 Å². The van der Waals surface area contributed by atoms with E-state index in [0.717, 1.165) is 36.1 Å². The normalized spacial score (nSPS) is 17.7. The molecule has 1 aromatic heterocycles. The number of hydrogen-bond donors (Lipinski definition) is 2. The van der Waals surface area contributed by atoms with Crippen LogP contribution in [0.5, 0.6) is 11.5 Å². The van der Waals surface area contributed by atoms with Crippen LogP contribution in [0.1, 0.15) is 50.9 Å². The van der Waals surface area contributed by atoms with Crippen molar-refractivity contribution in [1.29, 1.82) is 0 Å². The van der Waals surface area contributed by atoms with Crippen LogP contribution < -0.4 is 20.5 Å². The molecule has 0 unspecified atom stereocenters.